The summed E-state index contributed by atoms with van der Waals surface area (Å²) in [6, 6.07) is 3.90. The van der Waals surface area contributed by atoms with E-state index in [1.807, 2.05) is 37.2 Å². The highest BCUT2D eigenvalue weighted by Crippen LogP contribution is 2.11. The Kier molecular flexibility index (Phi) is 3.27. The number of carbonyl (C=O) groups is 1. The van der Waals surface area contributed by atoms with Gasteiger partial charge in [0.2, 0.25) is 8.32 Å². The van der Waals surface area contributed by atoms with Crippen LogP contribution in [0.5, 0.6) is 0 Å². The van der Waals surface area contributed by atoms with Crippen LogP contribution in [0.4, 0.5) is 0 Å². The molecule has 0 aliphatic rings. The first kappa shape index (κ1) is 10.5. The normalized spacial score (nSPS) is 11.3. The fourth-order valence-corrected chi connectivity index (χ4v) is 2.38. The Balaban J connectivity index is 2.43. The van der Waals surface area contributed by atoms with Crippen LogP contribution in [-0.2, 0) is 15.6 Å². The Morgan fingerprint density at radius 2 is 2.23 bits per heavy atom. The molecule has 1 aromatic heterocycles. The second-order valence-corrected chi connectivity index (χ2v) is 9.30. The van der Waals surface area contributed by atoms with E-state index in [0.717, 1.165) is 4.88 Å². The molecule has 0 saturated carbocycles. The highest BCUT2D eigenvalue weighted by molar-refractivity contribution is 7.10. The lowest BCUT2D eigenvalue weighted by Crippen LogP contribution is -2.29. The molecule has 0 saturated heterocycles. The average Bonchev–Trinajstić information content (AvgIpc) is 2.34. The van der Waals surface area contributed by atoms with Crippen LogP contribution in [0, 0.1) is 0 Å². The fraction of sp³-hybridized carbons (Fsp3) is 0.444. The predicted octanol–water partition coefficient (Wildman–Crippen LogP) is 2.67. The molecule has 1 rings (SSSR count). The van der Waals surface area contributed by atoms with E-state index in [0.29, 0.717) is 6.42 Å². The first-order valence-corrected chi connectivity index (χ1v) is 8.50. The second kappa shape index (κ2) is 4.06. The summed E-state index contributed by atoms with van der Waals surface area (Å²) in [5.41, 5.74) is 0. The van der Waals surface area contributed by atoms with Crippen molar-refractivity contribution in [1.82, 2.24) is 0 Å². The van der Waals surface area contributed by atoms with Crippen LogP contribution in [0.1, 0.15) is 4.88 Å². The summed E-state index contributed by atoms with van der Waals surface area (Å²) >= 11 is 1.59. The van der Waals surface area contributed by atoms with Crippen LogP contribution in [0.15, 0.2) is 17.5 Å². The lowest BCUT2D eigenvalue weighted by molar-refractivity contribution is -0.134. The molecule has 4 heteroatoms. The standard InChI is InChI=1S/C9H14O2SSi/c1-13(2,3)11-9(10)7-8-5-4-6-12-8/h4-6H,7H2,1-3H3. The van der Waals surface area contributed by atoms with Gasteiger partial charge in [0.05, 0.1) is 6.42 Å². The van der Waals surface area contributed by atoms with Crippen LogP contribution in [-0.4, -0.2) is 14.3 Å². The first-order chi connectivity index (χ1) is 5.97. The third-order valence-electron chi connectivity index (χ3n) is 1.32. The highest BCUT2D eigenvalue weighted by atomic mass is 32.1. The molecule has 2 nitrogen and oxygen atoms in total. The van der Waals surface area contributed by atoms with Gasteiger partial charge < -0.3 is 4.43 Å². The smallest absolute Gasteiger partial charge is 0.297 e. The van der Waals surface area contributed by atoms with E-state index >= 15 is 0 Å². The van der Waals surface area contributed by atoms with E-state index in [-0.39, 0.29) is 5.97 Å². The lowest BCUT2D eigenvalue weighted by atomic mass is 10.3. The van der Waals surface area contributed by atoms with Gasteiger partial charge in [-0.2, -0.15) is 0 Å². The van der Waals surface area contributed by atoms with Gasteiger partial charge >= 0.3 is 0 Å². The molecule has 0 aromatic carbocycles. The van der Waals surface area contributed by atoms with Gasteiger partial charge in [0.1, 0.15) is 0 Å². The van der Waals surface area contributed by atoms with Gasteiger partial charge in [-0.05, 0) is 31.1 Å². The van der Waals surface area contributed by atoms with E-state index in [2.05, 4.69) is 0 Å². The number of hydrogen-bond acceptors (Lipinski definition) is 3. The molecule has 0 unspecified atom stereocenters. The van der Waals surface area contributed by atoms with Crippen LogP contribution in [0.25, 0.3) is 0 Å². The Bertz CT molecular complexity index is 274. The van der Waals surface area contributed by atoms with Crippen molar-refractivity contribution in [3.8, 4) is 0 Å². The topological polar surface area (TPSA) is 26.3 Å². The Morgan fingerprint density at radius 3 is 2.69 bits per heavy atom. The lowest BCUT2D eigenvalue weighted by Gasteiger charge is -2.16. The summed E-state index contributed by atoms with van der Waals surface area (Å²) in [6.45, 7) is 6.04. The average molecular weight is 214 g/mol. The molecule has 1 aromatic rings. The zero-order valence-electron chi connectivity index (χ0n) is 8.16. The van der Waals surface area contributed by atoms with Crippen LogP contribution in [0.3, 0.4) is 0 Å². The summed E-state index contributed by atoms with van der Waals surface area (Å²) in [4.78, 5) is 12.4. The van der Waals surface area contributed by atoms with E-state index in [1.54, 1.807) is 11.3 Å². The van der Waals surface area contributed by atoms with Crippen molar-refractivity contribution in [2.24, 2.45) is 0 Å². The third kappa shape index (κ3) is 4.24. The molecule has 0 N–H and O–H groups in total. The van der Waals surface area contributed by atoms with Crippen LogP contribution >= 0.6 is 11.3 Å². The summed E-state index contributed by atoms with van der Waals surface area (Å²) in [5, 5.41) is 1.97. The molecular formula is C9H14O2SSi. The summed E-state index contributed by atoms with van der Waals surface area (Å²) in [6.07, 6.45) is 0.419. The Labute approximate surface area is 83.7 Å². The Hall–Kier alpha value is -0.613. The van der Waals surface area contributed by atoms with Crippen molar-refractivity contribution in [2.75, 3.05) is 0 Å². The van der Waals surface area contributed by atoms with Gasteiger partial charge in [-0.1, -0.05) is 6.07 Å². The maximum Gasteiger partial charge on any atom is 0.297 e. The van der Waals surface area contributed by atoms with E-state index < -0.39 is 8.32 Å². The maximum atomic E-state index is 11.3. The van der Waals surface area contributed by atoms with Crippen molar-refractivity contribution in [3.63, 3.8) is 0 Å². The number of carbonyl (C=O) groups excluding carboxylic acids is 1. The monoisotopic (exact) mass is 214 g/mol. The van der Waals surface area contributed by atoms with Gasteiger partial charge in [-0.3, -0.25) is 4.79 Å². The molecule has 13 heavy (non-hydrogen) atoms. The summed E-state index contributed by atoms with van der Waals surface area (Å²) in [5.74, 6) is -0.0957. The zero-order valence-corrected chi connectivity index (χ0v) is 9.98. The quantitative estimate of drug-likeness (QED) is 0.723. The number of thiophene rings is 1. The fourth-order valence-electron chi connectivity index (χ4n) is 0.933. The largest absolute Gasteiger partial charge is 0.520 e. The predicted molar refractivity (Wildman–Crippen MR) is 57.5 cm³/mol. The first-order valence-electron chi connectivity index (χ1n) is 4.21. The van der Waals surface area contributed by atoms with Gasteiger partial charge in [0.15, 0.2) is 0 Å². The molecule has 0 amide bonds. The molecule has 0 fully saturated rings. The molecule has 0 radical (unpaired) electrons. The Morgan fingerprint density at radius 1 is 1.54 bits per heavy atom. The van der Waals surface area contributed by atoms with Crippen molar-refractivity contribution in [2.45, 2.75) is 26.1 Å². The zero-order chi connectivity index (χ0) is 9.90. The molecule has 0 aliphatic carbocycles. The molecule has 0 spiro atoms. The minimum absolute atomic E-state index is 0.0957. The summed E-state index contributed by atoms with van der Waals surface area (Å²) < 4.78 is 5.32. The van der Waals surface area contributed by atoms with E-state index in [1.165, 1.54) is 0 Å². The molecular weight excluding hydrogens is 200 g/mol. The minimum Gasteiger partial charge on any atom is -0.520 e. The van der Waals surface area contributed by atoms with Gasteiger partial charge in [0.25, 0.3) is 5.97 Å². The van der Waals surface area contributed by atoms with Crippen molar-refractivity contribution in [3.05, 3.63) is 22.4 Å². The van der Waals surface area contributed by atoms with Gasteiger partial charge in [0, 0.05) is 4.88 Å². The van der Waals surface area contributed by atoms with E-state index in [9.17, 15) is 4.79 Å². The number of hydrogen-bond donors (Lipinski definition) is 0. The van der Waals surface area contributed by atoms with Crippen molar-refractivity contribution < 1.29 is 9.22 Å². The van der Waals surface area contributed by atoms with Gasteiger partial charge in [-0.25, -0.2) is 0 Å². The van der Waals surface area contributed by atoms with Crippen LogP contribution in [0.2, 0.25) is 19.6 Å². The van der Waals surface area contributed by atoms with Crippen LogP contribution < -0.4 is 0 Å². The maximum absolute atomic E-state index is 11.3. The van der Waals surface area contributed by atoms with Gasteiger partial charge in [-0.15, -0.1) is 11.3 Å². The molecule has 0 atom stereocenters. The van der Waals surface area contributed by atoms with E-state index in [4.69, 9.17) is 4.43 Å². The molecule has 0 bridgehead atoms. The molecule has 1 heterocycles. The second-order valence-electron chi connectivity index (χ2n) is 3.84. The summed E-state index contributed by atoms with van der Waals surface area (Å²) in [7, 11) is -1.70. The SMILES string of the molecule is C[Si](C)(C)OC(=O)Cc1cccs1. The van der Waals surface area contributed by atoms with Crippen molar-refractivity contribution >= 4 is 25.6 Å². The number of rotatable bonds is 3. The minimum atomic E-state index is -1.70. The highest BCUT2D eigenvalue weighted by Gasteiger charge is 2.19. The third-order valence-corrected chi connectivity index (χ3v) is 3.04. The molecule has 72 valence electrons. The van der Waals surface area contributed by atoms with Crippen molar-refractivity contribution in [1.29, 1.82) is 0 Å². The molecule has 0 aliphatic heterocycles.